The van der Waals surface area contributed by atoms with Crippen LogP contribution in [0.3, 0.4) is 0 Å². The highest BCUT2D eigenvalue weighted by Gasteiger charge is 2.17. The summed E-state index contributed by atoms with van der Waals surface area (Å²) in [5.41, 5.74) is 1.32. The molecule has 2 rings (SSSR count). The second-order valence-corrected chi connectivity index (χ2v) is 5.05. The number of hydrogen-bond acceptors (Lipinski definition) is 3. The van der Waals surface area contributed by atoms with Gasteiger partial charge in [-0.05, 0) is 38.5 Å². The van der Waals surface area contributed by atoms with Gasteiger partial charge in [0.05, 0.1) is 12.3 Å². The van der Waals surface area contributed by atoms with E-state index in [4.69, 9.17) is 4.74 Å². The molecule has 1 unspecified atom stereocenters. The quantitative estimate of drug-likeness (QED) is 0.923. The summed E-state index contributed by atoms with van der Waals surface area (Å²) < 4.78 is 6.91. The number of carbonyl (C=O) groups excluding carboxylic acids is 1. The monoisotopic (exact) mass is 300 g/mol. The minimum absolute atomic E-state index is 0.202. The van der Waals surface area contributed by atoms with Crippen LogP contribution in [0.2, 0.25) is 0 Å². The van der Waals surface area contributed by atoms with E-state index in [1.807, 2.05) is 26.0 Å². The van der Waals surface area contributed by atoms with Gasteiger partial charge in [-0.1, -0.05) is 18.2 Å². The molecule has 1 atom stereocenters. The molecule has 1 amide bonds. The van der Waals surface area contributed by atoms with Crippen LogP contribution in [0, 0.1) is 6.92 Å². The van der Waals surface area contributed by atoms with E-state index in [-0.39, 0.29) is 11.5 Å². The van der Waals surface area contributed by atoms with Crippen molar-refractivity contribution in [3.63, 3.8) is 0 Å². The maximum atomic E-state index is 12.4. The Morgan fingerprint density at radius 3 is 2.73 bits per heavy atom. The average molecular weight is 300 g/mol. The van der Waals surface area contributed by atoms with Crippen LogP contribution in [0.15, 0.2) is 47.4 Å². The Labute approximate surface area is 129 Å². The summed E-state index contributed by atoms with van der Waals surface area (Å²) in [6, 6.07) is 9.82. The number of hydrogen-bond donors (Lipinski definition) is 1. The van der Waals surface area contributed by atoms with E-state index in [1.165, 1.54) is 10.6 Å². The highest BCUT2D eigenvalue weighted by atomic mass is 16.5. The molecule has 0 saturated carbocycles. The van der Waals surface area contributed by atoms with Crippen LogP contribution in [-0.2, 0) is 4.79 Å². The third-order valence-corrected chi connectivity index (χ3v) is 3.33. The summed E-state index contributed by atoms with van der Waals surface area (Å²) in [5.74, 6) is 0.349. The third-order valence-electron chi connectivity index (χ3n) is 3.33. The topological polar surface area (TPSA) is 60.3 Å². The minimum Gasteiger partial charge on any atom is -0.492 e. The second-order valence-electron chi connectivity index (χ2n) is 5.05. The molecule has 1 heterocycles. The van der Waals surface area contributed by atoms with Gasteiger partial charge in [-0.15, -0.1) is 0 Å². The fourth-order valence-electron chi connectivity index (χ4n) is 2.13. The van der Waals surface area contributed by atoms with Crippen LogP contribution in [-0.4, -0.2) is 17.1 Å². The number of ether oxygens (including phenoxy) is 1. The largest absolute Gasteiger partial charge is 0.492 e. The van der Waals surface area contributed by atoms with E-state index in [2.05, 4.69) is 5.32 Å². The number of aromatic nitrogens is 1. The Balaban J connectivity index is 2.22. The van der Waals surface area contributed by atoms with Gasteiger partial charge in [0.15, 0.2) is 0 Å². The molecule has 1 N–H and O–H groups in total. The predicted octanol–water partition coefficient (Wildman–Crippen LogP) is 2.76. The highest BCUT2D eigenvalue weighted by Crippen LogP contribution is 2.24. The zero-order chi connectivity index (χ0) is 16.1. The molecular formula is C17H20N2O3. The number of nitrogens with zero attached hydrogens (tertiary/aromatic N) is 1. The number of amides is 1. The molecule has 2 aromatic rings. The molecule has 0 spiro atoms. The Kier molecular flexibility index (Phi) is 4.99. The van der Waals surface area contributed by atoms with Gasteiger partial charge in [0.2, 0.25) is 5.91 Å². The summed E-state index contributed by atoms with van der Waals surface area (Å²) in [6.07, 6.45) is 1.68. The lowest BCUT2D eigenvalue weighted by Gasteiger charge is -2.17. The lowest BCUT2D eigenvalue weighted by Crippen LogP contribution is -2.31. The van der Waals surface area contributed by atoms with Gasteiger partial charge in [-0.25, -0.2) is 0 Å². The Hall–Kier alpha value is -2.56. The summed E-state index contributed by atoms with van der Waals surface area (Å²) in [7, 11) is 0. The Bertz CT molecular complexity index is 722. The molecule has 0 bridgehead atoms. The summed E-state index contributed by atoms with van der Waals surface area (Å²) in [4.78, 5) is 24.3. The van der Waals surface area contributed by atoms with Crippen molar-refractivity contribution in [1.29, 1.82) is 0 Å². The first kappa shape index (κ1) is 15.8. The number of pyridine rings is 1. The van der Waals surface area contributed by atoms with Gasteiger partial charge < -0.3 is 14.6 Å². The average Bonchev–Trinajstić information content (AvgIpc) is 2.51. The lowest BCUT2D eigenvalue weighted by atomic mass is 10.2. The van der Waals surface area contributed by atoms with Crippen molar-refractivity contribution in [3.8, 4) is 5.75 Å². The van der Waals surface area contributed by atoms with Crippen LogP contribution >= 0.6 is 0 Å². The number of benzene rings is 1. The molecule has 0 saturated heterocycles. The van der Waals surface area contributed by atoms with Crippen LogP contribution < -0.4 is 15.6 Å². The molecule has 5 heteroatoms. The number of nitrogens with one attached hydrogen (secondary N) is 1. The minimum atomic E-state index is -0.609. The van der Waals surface area contributed by atoms with Crippen LogP contribution in [0.25, 0.3) is 0 Å². The SMILES string of the molecule is CCOc1ccccc1NC(=O)C(C)n1cc(C)ccc1=O. The molecule has 0 aliphatic carbocycles. The maximum absolute atomic E-state index is 12.4. The van der Waals surface area contributed by atoms with E-state index in [1.54, 1.807) is 31.3 Å². The van der Waals surface area contributed by atoms with E-state index in [0.29, 0.717) is 18.0 Å². The van der Waals surface area contributed by atoms with Crippen molar-refractivity contribution in [2.24, 2.45) is 0 Å². The maximum Gasteiger partial charge on any atom is 0.251 e. The zero-order valence-electron chi connectivity index (χ0n) is 13.0. The van der Waals surface area contributed by atoms with E-state index < -0.39 is 6.04 Å². The van der Waals surface area contributed by atoms with Crippen LogP contribution in [0.4, 0.5) is 5.69 Å². The first-order valence-corrected chi connectivity index (χ1v) is 7.24. The zero-order valence-corrected chi connectivity index (χ0v) is 13.0. The number of aryl methyl sites for hydroxylation is 1. The predicted molar refractivity (Wildman–Crippen MR) is 86.4 cm³/mol. The fourth-order valence-corrected chi connectivity index (χ4v) is 2.13. The lowest BCUT2D eigenvalue weighted by molar-refractivity contribution is -0.118. The number of para-hydroxylation sites is 2. The molecule has 1 aromatic carbocycles. The number of anilines is 1. The van der Waals surface area contributed by atoms with E-state index in [9.17, 15) is 9.59 Å². The molecule has 116 valence electrons. The molecule has 0 radical (unpaired) electrons. The molecule has 0 aliphatic heterocycles. The van der Waals surface area contributed by atoms with Gasteiger partial charge in [-0.3, -0.25) is 9.59 Å². The van der Waals surface area contributed by atoms with Gasteiger partial charge in [-0.2, -0.15) is 0 Å². The summed E-state index contributed by atoms with van der Waals surface area (Å²) >= 11 is 0. The van der Waals surface area contributed by atoms with Crippen molar-refractivity contribution in [2.45, 2.75) is 26.8 Å². The van der Waals surface area contributed by atoms with Gasteiger partial charge in [0, 0.05) is 12.3 Å². The normalized spacial score (nSPS) is 11.8. The Morgan fingerprint density at radius 1 is 1.27 bits per heavy atom. The van der Waals surface area contributed by atoms with Gasteiger partial charge >= 0.3 is 0 Å². The molecule has 5 nitrogen and oxygen atoms in total. The molecular weight excluding hydrogens is 280 g/mol. The number of rotatable bonds is 5. The van der Waals surface area contributed by atoms with Crippen molar-refractivity contribution in [2.75, 3.05) is 11.9 Å². The van der Waals surface area contributed by atoms with Gasteiger partial charge in [0.25, 0.3) is 5.56 Å². The van der Waals surface area contributed by atoms with Crippen molar-refractivity contribution >= 4 is 11.6 Å². The first-order chi connectivity index (χ1) is 10.5. The summed E-state index contributed by atoms with van der Waals surface area (Å²) in [5, 5.41) is 2.82. The smallest absolute Gasteiger partial charge is 0.251 e. The number of carbonyl (C=O) groups is 1. The Morgan fingerprint density at radius 2 is 2.00 bits per heavy atom. The summed E-state index contributed by atoms with van der Waals surface area (Å²) in [6.45, 7) is 5.97. The molecule has 22 heavy (non-hydrogen) atoms. The third kappa shape index (κ3) is 3.55. The van der Waals surface area contributed by atoms with Crippen LogP contribution in [0.5, 0.6) is 5.75 Å². The first-order valence-electron chi connectivity index (χ1n) is 7.24. The van der Waals surface area contributed by atoms with Crippen molar-refractivity contribution in [3.05, 3.63) is 58.5 Å². The highest BCUT2D eigenvalue weighted by molar-refractivity contribution is 5.94. The van der Waals surface area contributed by atoms with Crippen LogP contribution in [0.1, 0.15) is 25.5 Å². The molecule has 1 aromatic heterocycles. The fraction of sp³-hybridized carbons (Fsp3) is 0.294. The molecule has 0 aliphatic rings. The second kappa shape index (κ2) is 6.93. The van der Waals surface area contributed by atoms with Gasteiger partial charge in [0.1, 0.15) is 11.8 Å². The standard InChI is InChI=1S/C17H20N2O3/c1-4-22-15-8-6-5-7-14(15)18-17(21)13(3)19-11-12(2)9-10-16(19)20/h5-11,13H,4H2,1-3H3,(H,18,21). The molecule has 0 fully saturated rings. The van der Waals surface area contributed by atoms with Crippen molar-refractivity contribution < 1.29 is 9.53 Å². The van der Waals surface area contributed by atoms with E-state index >= 15 is 0 Å². The van der Waals surface area contributed by atoms with Crippen molar-refractivity contribution in [1.82, 2.24) is 4.57 Å². The van der Waals surface area contributed by atoms with E-state index in [0.717, 1.165) is 5.56 Å².